The highest BCUT2D eigenvalue weighted by molar-refractivity contribution is 9.10. The Morgan fingerprint density at radius 2 is 2.10 bits per heavy atom. The van der Waals surface area contributed by atoms with Crippen LogP contribution >= 0.6 is 27.5 Å². The van der Waals surface area contributed by atoms with Gasteiger partial charge in [-0.05, 0) is 64.0 Å². The monoisotopic (exact) mass is 365 g/mol. The van der Waals surface area contributed by atoms with Crippen LogP contribution in [-0.2, 0) is 0 Å². The van der Waals surface area contributed by atoms with Crippen LogP contribution in [0.1, 0.15) is 35.9 Å². The molecule has 1 heterocycles. The fraction of sp³-hybridized carbons (Fsp3) is 0.294. The molecule has 4 heteroatoms. The topological polar surface area (TPSA) is 35.2 Å². The standard InChI is InChI=1S/C17H17BrClNO/c18-14-6-5-12(9-15(14)19)16(20)10-11-7-8-21-17-4-2-1-3-13(11)17/h1-6,9,11,16H,7-8,10,20H2. The molecule has 0 spiro atoms. The van der Waals surface area contributed by atoms with Crippen molar-refractivity contribution in [1.29, 1.82) is 0 Å². The third kappa shape index (κ3) is 3.25. The number of nitrogens with two attached hydrogens (primary N) is 1. The first kappa shape index (κ1) is 14.9. The lowest BCUT2D eigenvalue weighted by atomic mass is 9.86. The van der Waals surface area contributed by atoms with Gasteiger partial charge in [0.05, 0.1) is 11.6 Å². The van der Waals surface area contributed by atoms with Gasteiger partial charge in [-0.2, -0.15) is 0 Å². The zero-order chi connectivity index (χ0) is 14.8. The van der Waals surface area contributed by atoms with Crippen LogP contribution in [0.5, 0.6) is 5.75 Å². The number of hydrogen-bond donors (Lipinski definition) is 1. The van der Waals surface area contributed by atoms with E-state index in [2.05, 4.69) is 28.1 Å². The van der Waals surface area contributed by atoms with E-state index < -0.39 is 0 Å². The molecule has 0 aromatic heterocycles. The third-order valence-corrected chi connectivity index (χ3v) is 5.23. The van der Waals surface area contributed by atoms with Crippen molar-refractivity contribution >= 4 is 27.5 Å². The molecule has 2 nitrogen and oxygen atoms in total. The lowest BCUT2D eigenvalue weighted by Gasteiger charge is -2.28. The molecular weight excluding hydrogens is 350 g/mol. The molecule has 1 aliphatic rings. The van der Waals surface area contributed by atoms with Gasteiger partial charge in [0.25, 0.3) is 0 Å². The Labute approximate surface area is 138 Å². The van der Waals surface area contributed by atoms with Gasteiger partial charge in [0, 0.05) is 10.5 Å². The second-order valence-electron chi connectivity index (χ2n) is 5.39. The average molecular weight is 367 g/mol. The SMILES string of the molecule is NC(CC1CCOc2ccccc21)c1ccc(Br)c(Cl)c1. The molecule has 0 saturated heterocycles. The van der Waals surface area contributed by atoms with E-state index in [1.54, 1.807) is 0 Å². The molecule has 0 radical (unpaired) electrons. The van der Waals surface area contributed by atoms with E-state index in [0.29, 0.717) is 10.9 Å². The summed E-state index contributed by atoms with van der Waals surface area (Å²) in [5.74, 6) is 1.43. The van der Waals surface area contributed by atoms with Gasteiger partial charge in [-0.1, -0.05) is 35.9 Å². The summed E-state index contributed by atoms with van der Waals surface area (Å²) in [7, 11) is 0. The van der Waals surface area contributed by atoms with E-state index in [4.69, 9.17) is 22.1 Å². The number of rotatable bonds is 3. The summed E-state index contributed by atoms with van der Waals surface area (Å²) in [5.41, 5.74) is 8.73. The molecule has 21 heavy (non-hydrogen) atoms. The van der Waals surface area contributed by atoms with Gasteiger partial charge in [-0.3, -0.25) is 0 Å². The van der Waals surface area contributed by atoms with Crippen LogP contribution in [-0.4, -0.2) is 6.61 Å². The van der Waals surface area contributed by atoms with Crippen molar-refractivity contribution in [2.45, 2.75) is 24.8 Å². The summed E-state index contributed by atoms with van der Waals surface area (Å²) in [6.45, 7) is 0.759. The zero-order valence-electron chi connectivity index (χ0n) is 11.6. The second kappa shape index (κ2) is 6.39. The van der Waals surface area contributed by atoms with E-state index in [-0.39, 0.29) is 6.04 Å². The van der Waals surface area contributed by atoms with E-state index in [9.17, 15) is 0 Å². The molecule has 2 unspecified atom stereocenters. The Balaban J connectivity index is 1.79. The lowest BCUT2D eigenvalue weighted by molar-refractivity contribution is 0.259. The number of para-hydroxylation sites is 1. The summed E-state index contributed by atoms with van der Waals surface area (Å²) in [4.78, 5) is 0. The van der Waals surface area contributed by atoms with Crippen LogP contribution in [0.4, 0.5) is 0 Å². The minimum Gasteiger partial charge on any atom is -0.493 e. The van der Waals surface area contributed by atoms with Crippen molar-refractivity contribution in [2.75, 3.05) is 6.61 Å². The molecule has 2 aromatic carbocycles. The first-order chi connectivity index (χ1) is 10.1. The molecule has 3 rings (SSSR count). The number of fused-ring (bicyclic) bond motifs is 1. The third-order valence-electron chi connectivity index (χ3n) is 3.99. The Kier molecular flexibility index (Phi) is 4.53. The maximum atomic E-state index is 6.39. The lowest BCUT2D eigenvalue weighted by Crippen LogP contribution is -2.20. The van der Waals surface area contributed by atoms with Gasteiger partial charge in [-0.25, -0.2) is 0 Å². The highest BCUT2D eigenvalue weighted by Gasteiger charge is 2.23. The minimum absolute atomic E-state index is 0.0215. The summed E-state index contributed by atoms with van der Waals surface area (Å²) >= 11 is 9.57. The average Bonchev–Trinajstić information content (AvgIpc) is 2.50. The summed E-state index contributed by atoms with van der Waals surface area (Å²) in [5, 5.41) is 0.704. The number of hydrogen-bond acceptors (Lipinski definition) is 2. The van der Waals surface area contributed by atoms with Crippen molar-refractivity contribution in [3.63, 3.8) is 0 Å². The molecule has 110 valence electrons. The molecule has 2 atom stereocenters. The maximum Gasteiger partial charge on any atom is 0.122 e. The van der Waals surface area contributed by atoms with Gasteiger partial charge in [-0.15, -0.1) is 0 Å². The summed E-state index contributed by atoms with van der Waals surface area (Å²) < 4.78 is 6.61. The zero-order valence-corrected chi connectivity index (χ0v) is 13.9. The summed E-state index contributed by atoms with van der Waals surface area (Å²) in [6, 6.07) is 14.2. The van der Waals surface area contributed by atoms with Gasteiger partial charge in [0.15, 0.2) is 0 Å². The highest BCUT2D eigenvalue weighted by Crippen LogP contribution is 2.38. The fourth-order valence-corrected chi connectivity index (χ4v) is 3.28. The van der Waals surface area contributed by atoms with Crippen LogP contribution < -0.4 is 10.5 Å². The highest BCUT2D eigenvalue weighted by atomic mass is 79.9. The van der Waals surface area contributed by atoms with Gasteiger partial charge < -0.3 is 10.5 Å². The molecule has 2 N–H and O–H groups in total. The smallest absolute Gasteiger partial charge is 0.122 e. The summed E-state index contributed by atoms with van der Waals surface area (Å²) in [6.07, 6.45) is 1.91. The first-order valence-corrected chi connectivity index (χ1v) is 8.24. The van der Waals surface area contributed by atoms with Crippen LogP contribution in [0.2, 0.25) is 5.02 Å². The molecule has 0 bridgehead atoms. The fourth-order valence-electron chi connectivity index (χ4n) is 2.85. The Hall–Kier alpha value is -1.03. The number of benzene rings is 2. The molecule has 0 saturated carbocycles. The van der Waals surface area contributed by atoms with Crippen molar-refractivity contribution in [3.8, 4) is 5.75 Å². The predicted octanol–water partition coefficient (Wildman–Crippen LogP) is 5.06. The van der Waals surface area contributed by atoms with Crippen molar-refractivity contribution in [1.82, 2.24) is 0 Å². The van der Waals surface area contributed by atoms with Gasteiger partial charge >= 0.3 is 0 Å². The quantitative estimate of drug-likeness (QED) is 0.824. The van der Waals surface area contributed by atoms with Crippen molar-refractivity contribution in [3.05, 3.63) is 63.1 Å². The number of ether oxygens (including phenoxy) is 1. The number of halogens is 2. The van der Waals surface area contributed by atoms with Gasteiger partial charge in [0.2, 0.25) is 0 Å². The minimum atomic E-state index is -0.0215. The Morgan fingerprint density at radius 3 is 2.90 bits per heavy atom. The Bertz CT molecular complexity index is 646. The largest absolute Gasteiger partial charge is 0.493 e. The van der Waals surface area contributed by atoms with E-state index in [1.165, 1.54) is 5.56 Å². The van der Waals surface area contributed by atoms with E-state index in [1.807, 2.05) is 30.3 Å². The molecular formula is C17H17BrClNO. The maximum absolute atomic E-state index is 6.39. The van der Waals surface area contributed by atoms with E-state index >= 15 is 0 Å². The van der Waals surface area contributed by atoms with Crippen LogP contribution in [0.25, 0.3) is 0 Å². The molecule has 2 aromatic rings. The molecule has 0 fully saturated rings. The van der Waals surface area contributed by atoms with Gasteiger partial charge in [0.1, 0.15) is 5.75 Å². The van der Waals surface area contributed by atoms with Crippen LogP contribution in [0, 0.1) is 0 Å². The predicted molar refractivity (Wildman–Crippen MR) is 90.0 cm³/mol. The van der Waals surface area contributed by atoms with E-state index in [0.717, 1.165) is 35.2 Å². The van der Waals surface area contributed by atoms with Crippen LogP contribution in [0.3, 0.4) is 0 Å². The second-order valence-corrected chi connectivity index (χ2v) is 6.65. The Morgan fingerprint density at radius 1 is 1.29 bits per heavy atom. The molecule has 0 amide bonds. The van der Waals surface area contributed by atoms with Crippen LogP contribution in [0.15, 0.2) is 46.9 Å². The molecule has 0 aliphatic carbocycles. The van der Waals surface area contributed by atoms with Crippen molar-refractivity contribution in [2.24, 2.45) is 5.73 Å². The molecule has 1 aliphatic heterocycles. The van der Waals surface area contributed by atoms with Crippen molar-refractivity contribution < 1.29 is 4.74 Å². The first-order valence-electron chi connectivity index (χ1n) is 7.07. The normalized spacial score (nSPS) is 18.7.